The molecule has 19 heavy (non-hydrogen) atoms. The van der Waals surface area contributed by atoms with Gasteiger partial charge < -0.3 is 5.32 Å². The van der Waals surface area contributed by atoms with Crippen molar-refractivity contribution in [3.8, 4) is 0 Å². The second kappa shape index (κ2) is 5.85. The van der Waals surface area contributed by atoms with Gasteiger partial charge in [0.1, 0.15) is 5.82 Å². The Kier molecular flexibility index (Phi) is 4.17. The fourth-order valence-electron chi connectivity index (χ4n) is 1.81. The molecule has 0 aliphatic carbocycles. The molecular weight excluding hydrogens is 265 g/mol. The van der Waals surface area contributed by atoms with Gasteiger partial charge in [0.15, 0.2) is 0 Å². The number of carbonyl (C=O) groups is 1. The fraction of sp³-hybridized carbons (Fsp3) is 0.133. The highest BCUT2D eigenvalue weighted by atomic mass is 35.5. The highest BCUT2D eigenvalue weighted by Gasteiger charge is 2.17. The Hall–Kier alpha value is -1.87. The second-order valence-corrected chi connectivity index (χ2v) is 4.61. The van der Waals surface area contributed by atoms with Crippen LogP contribution in [0.4, 0.5) is 4.39 Å². The van der Waals surface area contributed by atoms with Crippen LogP contribution in [0.1, 0.15) is 28.9 Å². The molecule has 2 rings (SSSR count). The molecule has 4 heteroatoms. The van der Waals surface area contributed by atoms with Crippen LogP contribution in [0.25, 0.3) is 0 Å². The first-order valence-corrected chi connectivity index (χ1v) is 6.27. The van der Waals surface area contributed by atoms with Gasteiger partial charge in [-0.25, -0.2) is 4.39 Å². The van der Waals surface area contributed by atoms with Crippen LogP contribution in [0.15, 0.2) is 48.5 Å². The molecule has 0 saturated heterocycles. The number of rotatable bonds is 3. The zero-order valence-electron chi connectivity index (χ0n) is 10.4. The summed E-state index contributed by atoms with van der Waals surface area (Å²) in [4.78, 5) is 12.0. The Morgan fingerprint density at radius 2 is 1.84 bits per heavy atom. The first kappa shape index (κ1) is 13.6. The molecular formula is C15H13ClFNO. The van der Waals surface area contributed by atoms with Crippen molar-refractivity contribution < 1.29 is 9.18 Å². The molecule has 1 amide bonds. The Morgan fingerprint density at radius 1 is 1.16 bits per heavy atom. The van der Waals surface area contributed by atoms with E-state index in [2.05, 4.69) is 5.32 Å². The predicted molar refractivity (Wildman–Crippen MR) is 73.7 cm³/mol. The van der Waals surface area contributed by atoms with Gasteiger partial charge in [0.05, 0.1) is 16.6 Å². The molecule has 0 saturated carbocycles. The number of hydrogen-bond donors (Lipinski definition) is 1. The summed E-state index contributed by atoms with van der Waals surface area (Å²) in [5, 5.41) is 2.84. The summed E-state index contributed by atoms with van der Waals surface area (Å²) in [6, 6.07) is 13.4. The highest BCUT2D eigenvalue weighted by molar-refractivity contribution is 6.33. The first-order valence-electron chi connectivity index (χ1n) is 5.89. The van der Waals surface area contributed by atoms with Crippen molar-refractivity contribution in [2.45, 2.75) is 13.0 Å². The van der Waals surface area contributed by atoms with Gasteiger partial charge >= 0.3 is 0 Å². The highest BCUT2D eigenvalue weighted by Crippen LogP contribution is 2.20. The van der Waals surface area contributed by atoms with Crippen LogP contribution in [0.3, 0.4) is 0 Å². The topological polar surface area (TPSA) is 29.1 Å². The van der Waals surface area contributed by atoms with Crippen molar-refractivity contribution in [1.29, 1.82) is 0 Å². The zero-order valence-corrected chi connectivity index (χ0v) is 11.1. The minimum absolute atomic E-state index is 0.109. The van der Waals surface area contributed by atoms with E-state index in [4.69, 9.17) is 11.6 Å². The van der Waals surface area contributed by atoms with E-state index in [1.54, 1.807) is 0 Å². The summed E-state index contributed by atoms with van der Waals surface area (Å²) in [5.74, 6) is -1.13. The van der Waals surface area contributed by atoms with Crippen molar-refractivity contribution in [3.63, 3.8) is 0 Å². The smallest absolute Gasteiger partial charge is 0.256 e. The van der Waals surface area contributed by atoms with Crippen molar-refractivity contribution in [2.75, 3.05) is 0 Å². The predicted octanol–water partition coefficient (Wildman–Crippen LogP) is 3.97. The minimum Gasteiger partial charge on any atom is -0.345 e. The molecule has 2 aromatic carbocycles. The van der Waals surface area contributed by atoms with E-state index in [1.165, 1.54) is 18.2 Å². The van der Waals surface area contributed by atoms with Crippen molar-refractivity contribution in [2.24, 2.45) is 0 Å². The molecule has 1 atom stereocenters. The van der Waals surface area contributed by atoms with Crippen LogP contribution in [-0.2, 0) is 0 Å². The molecule has 0 heterocycles. The van der Waals surface area contributed by atoms with Gasteiger partial charge in [-0.2, -0.15) is 0 Å². The molecule has 1 N–H and O–H groups in total. The van der Waals surface area contributed by atoms with E-state index >= 15 is 0 Å². The van der Waals surface area contributed by atoms with Gasteiger partial charge in [-0.3, -0.25) is 4.79 Å². The third-order valence-electron chi connectivity index (χ3n) is 2.84. The molecule has 0 spiro atoms. The molecule has 1 unspecified atom stereocenters. The number of benzene rings is 2. The summed E-state index contributed by atoms with van der Waals surface area (Å²) in [6.45, 7) is 1.84. The Morgan fingerprint density at radius 3 is 2.47 bits per heavy atom. The first-order chi connectivity index (χ1) is 9.09. The van der Waals surface area contributed by atoms with Gasteiger partial charge in [-0.15, -0.1) is 0 Å². The molecule has 0 fully saturated rings. The van der Waals surface area contributed by atoms with Crippen LogP contribution < -0.4 is 5.32 Å². The maximum atomic E-state index is 13.6. The fourth-order valence-corrected chi connectivity index (χ4v) is 2.06. The van der Waals surface area contributed by atoms with Crippen LogP contribution in [0.5, 0.6) is 0 Å². The molecule has 0 aliphatic heterocycles. The lowest BCUT2D eigenvalue weighted by Gasteiger charge is -2.15. The quantitative estimate of drug-likeness (QED) is 0.904. The van der Waals surface area contributed by atoms with Crippen molar-refractivity contribution in [3.05, 3.63) is 70.5 Å². The van der Waals surface area contributed by atoms with E-state index in [-0.39, 0.29) is 16.6 Å². The molecule has 2 aromatic rings. The van der Waals surface area contributed by atoms with Crippen molar-refractivity contribution in [1.82, 2.24) is 5.32 Å². The number of hydrogen-bond acceptors (Lipinski definition) is 1. The normalized spacial score (nSPS) is 11.9. The molecule has 0 aromatic heterocycles. The second-order valence-electron chi connectivity index (χ2n) is 4.20. The summed E-state index contributed by atoms with van der Waals surface area (Å²) < 4.78 is 13.6. The molecule has 98 valence electrons. The van der Waals surface area contributed by atoms with Crippen LogP contribution in [0.2, 0.25) is 5.02 Å². The van der Waals surface area contributed by atoms with E-state index in [0.717, 1.165) is 5.56 Å². The standard InChI is InChI=1S/C15H13ClFNO/c1-10(11-6-3-2-4-7-11)18-15(19)14-12(16)8-5-9-13(14)17/h2-10H,1H3,(H,18,19). The SMILES string of the molecule is CC(NC(=O)c1c(F)cccc1Cl)c1ccccc1. The lowest BCUT2D eigenvalue weighted by atomic mass is 10.1. The minimum atomic E-state index is -0.620. The lowest BCUT2D eigenvalue weighted by molar-refractivity contribution is 0.0936. The molecule has 0 aliphatic rings. The maximum Gasteiger partial charge on any atom is 0.256 e. The number of halogens is 2. The molecule has 2 nitrogen and oxygen atoms in total. The average molecular weight is 278 g/mol. The maximum absolute atomic E-state index is 13.6. The number of nitrogens with one attached hydrogen (secondary N) is 1. The van der Waals surface area contributed by atoms with E-state index in [0.29, 0.717) is 0 Å². The Bertz CT molecular complexity index is 566. The van der Waals surface area contributed by atoms with E-state index in [9.17, 15) is 9.18 Å². The summed E-state index contributed by atoms with van der Waals surface area (Å²) in [5.41, 5.74) is 0.829. The van der Waals surface area contributed by atoms with Crippen LogP contribution >= 0.6 is 11.6 Å². The third kappa shape index (κ3) is 3.12. The monoisotopic (exact) mass is 277 g/mol. The van der Waals surface area contributed by atoms with Gasteiger partial charge in [-0.1, -0.05) is 48.0 Å². The van der Waals surface area contributed by atoms with Gasteiger partial charge in [-0.05, 0) is 24.6 Å². The average Bonchev–Trinajstić information content (AvgIpc) is 2.39. The van der Waals surface area contributed by atoms with E-state index < -0.39 is 11.7 Å². The number of amides is 1. The largest absolute Gasteiger partial charge is 0.345 e. The van der Waals surface area contributed by atoms with Crippen LogP contribution in [-0.4, -0.2) is 5.91 Å². The van der Waals surface area contributed by atoms with Crippen LogP contribution in [0, 0.1) is 5.82 Å². The van der Waals surface area contributed by atoms with Gasteiger partial charge in [0.2, 0.25) is 0 Å². The number of carbonyl (C=O) groups excluding carboxylic acids is 1. The lowest BCUT2D eigenvalue weighted by Crippen LogP contribution is -2.27. The molecule has 0 bridgehead atoms. The Balaban J connectivity index is 2.18. The summed E-state index contributed by atoms with van der Waals surface area (Å²) >= 11 is 5.85. The summed E-state index contributed by atoms with van der Waals surface area (Å²) in [6.07, 6.45) is 0. The van der Waals surface area contributed by atoms with Gasteiger partial charge in [0.25, 0.3) is 5.91 Å². The Labute approximate surface area is 116 Å². The molecule has 0 radical (unpaired) electrons. The van der Waals surface area contributed by atoms with Crippen molar-refractivity contribution >= 4 is 17.5 Å². The summed E-state index contributed by atoms with van der Waals surface area (Å²) in [7, 11) is 0. The van der Waals surface area contributed by atoms with Gasteiger partial charge in [0, 0.05) is 0 Å². The third-order valence-corrected chi connectivity index (χ3v) is 3.15. The zero-order chi connectivity index (χ0) is 13.8. The van der Waals surface area contributed by atoms with E-state index in [1.807, 2.05) is 37.3 Å².